The van der Waals surface area contributed by atoms with Gasteiger partial charge in [-0.15, -0.1) is 0 Å². The van der Waals surface area contributed by atoms with Crippen LogP contribution in [0.25, 0.3) is 0 Å². The fourth-order valence-electron chi connectivity index (χ4n) is 1.15. The van der Waals surface area contributed by atoms with Crippen molar-refractivity contribution in [2.75, 3.05) is 0 Å². The van der Waals surface area contributed by atoms with Gasteiger partial charge in [0.25, 0.3) is 0 Å². The van der Waals surface area contributed by atoms with Crippen molar-refractivity contribution in [2.24, 2.45) is 0 Å². The third kappa shape index (κ3) is 4.00. The number of carbonyl (C=O) groups is 2. The van der Waals surface area contributed by atoms with E-state index in [4.69, 9.17) is 5.11 Å². The first-order chi connectivity index (χ1) is 8.40. The lowest BCUT2D eigenvalue weighted by Gasteiger charge is -2.11. The van der Waals surface area contributed by atoms with Gasteiger partial charge >= 0.3 is 12.0 Å². The van der Waals surface area contributed by atoms with Crippen molar-refractivity contribution in [3.63, 3.8) is 0 Å². The van der Waals surface area contributed by atoms with Crippen molar-refractivity contribution >= 4 is 12.0 Å². The molecule has 0 bridgehead atoms. The molecule has 1 rings (SSSR count). The highest BCUT2D eigenvalue weighted by atomic mass is 19.1. The first-order valence-electron chi connectivity index (χ1n) is 5.11. The van der Waals surface area contributed by atoms with Crippen LogP contribution in [0, 0.1) is 11.6 Å². The van der Waals surface area contributed by atoms with Gasteiger partial charge in [0.15, 0.2) is 0 Å². The van der Waals surface area contributed by atoms with Gasteiger partial charge in [0, 0.05) is 18.2 Å². The molecule has 0 radical (unpaired) electrons. The van der Waals surface area contributed by atoms with Crippen LogP contribution in [-0.4, -0.2) is 23.1 Å². The second-order valence-corrected chi connectivity index (χ2v) is 3.62. The maximum atomic E-state index is 13.2. The lowest BCUT2D eigenvalue weighted by Crippen LogP contribution is -2.44. The molecule has 0 aliphatic carbocycles. The van der Waals surface area contributed by atoms with E-state index in [1.54, 1.807) is 0 Å². The maximum Gasteiger partial charge on any atom is 0.325 e. The van der Waals surface area contributed by atoms with Crippen molar-refractivity contribution in [2.45, 2.75) is 19.5 Å². The zero-order valence-corrected chi connectivity index (χ0v) is 9.54. The lowest BCUT2D eigenvalue weighted by atomic mass is 10.2. The Labute approximate surface area is 102 Å². The molecule has 0 aromatic heterocycles. The molecule has 1 aromatic rings. The van der Waals surface area contributed by atoms with Crippen LogP contribution >= 0.6 is 0 Å². The minimum Gasteiger partial charge on any atom is -0.480 e. The molecule has 0 spiro atoms. The van der Waals surface area contributed by atoms with Gasteiger partial charge in [-0.25, -0.2) is 13.6 Å². The van der Waals surface area contributed by atoms with E-state index in [-0.39, 0.29) is 12.1 Å². The van der Waals surface area contributed by atoms with Gasteiger partial charge in [-0.2, -0.15) is 0 Å². The molecule has 0 aliphatic rings. The topological polar surface area (TPSA) is 78.4 Å². The number of hydrogen-bond donors (Lipinski definition) is 3. The molecule has 1 atom stereocenters. The van der Waals surface area contributed by atoms with Crippen LogP contribution in [0.1, 0.15) is 12.5 Å². The van der Waals surface area contributed by atoms with Gasteiger partial charge in [0.2, 0.25) is 0 Å². The van der Waals surface area contributed by atoms with Crippen LogP contribution in [0.4, 0.5) is 13.6 Å². The predicted octanol–water partition coefficient (Wildman–Crippen LogP) is 1.24. The van der Waals surface area contributed by atoms with E-state index in [0.717, 1.165) is 6.07 Å². The van der Waals surface area contributed by atoms with E-state index in [1.807, 2.05) is 0 Å². The largest absolute Gasteiger partial charge is 0.480 e. The fraction of sp³-hybridized carbons (Fsp3) is 0.273. The number of rotatable bonds is 4. The van der Waals surface area contributed by atoms with Crippen LogP contribution in [0.15, 0.2) is 18.2 Å². The maximum absolute atomic E-state index is 13.2. The number of aliphatic carboxylic acids is 1. The molecule has 98 valence electrons. The number of carbonyl (C=O) groups excluding carboxylic acids is 1. The quantitative estimate of drug-likeness (QED) is 0.760. The molecular weight excluding hydrogens is 246 g/mol. The summed E-state index contributed by atoms with van der Waals surface area (Å²) in [5.74, 6) is -2.67. The molecule has 1 aromatic carbocycles. The van der Waals surface area contributed by atoms with E-state index in [0.29, 0.717) is 6.07 Å². The number of amides is 2. The zero-order chi connectivity index (χ0) is 13.7. The molecule has 7 heteroatoms. The Balaban J connectivity index is 2.50. The first-order valence-corrected chi connectivity index (χ1v) is 5.11. The summed E-state index contributed by atoms with van der Waals surface area (Å²) in [7, 11) is 0. The zero-order valence-electron chi connectivity index (χ0n) is 9.54. The number of halogens is 2. The van der Waals surface area contributed by atoms with Crippen molar-refractivity contribution in [1.82, 2.24) is 10.6 Å². The number of urea groups is 1. The molecule has 0 heterocycles. The Bertz CT molecular complexity index is 466. The highest BCUT2D eigenvalue weighted by Crippen LogP contribution is 2.08. The Kier molecular flexibility index (Phi) is 4.59. The van der Waals surface area contributed by atoms with Crippen LogP contribution in [0.2, 0.25) is 0 Å². The lowest BCUT2D eigenvalue weighted by molar-refractivity contribution is -0.138. The molecule has 2 amide bonds. The number of carboxylic acid groups (broad SMARTS) is 1. The minimum atomic E-state index is -1.18. The molecule has 0 saturated carbocycles. The molecule has 3 N–H and O–H groups in total. The predicted molar refractivity (Wildman–Crippen MR) is 58.8 cm³/mol. The molecule has 18 heavy (non-hydrogen) atoms. The van der Waals surface area contributed by atoms with Gasteiger partial charge in [0.05, 0.1) is 0 Å². The Morgan fingerprint density at radius 1 is 1.39 bits per heavy atom. The van der Waals surface area contributed by atoms with Crippen LogP contribution in [0.5, 0.6) is 0 Å². The van der Waals surface area contributed by atoms with E-state index in [1.165, 1.54) is 13.0 Å². The van der Waals surface area contributed by atoms with Crippen molar-refractivity contribution in [1.29, 1.82) is 0 Å². The molecule has 0 unspecified atom stereocenters. The average Bonchev–Trinajstić information content (AvgIpc) is 2.27. The Morgan fingerprint density at radius 2 is 2.06 bits per heavy atom. The van der Waals surface area contributed by atoms with Crippen LogP contribution < -0.4 is 10.6 Å². The molecular formula is C11H12F2N2O3. The van der Waals surface area contributed by atoms with Gasteiger partial charge < -0.3 is 15.7 Å². The highest BCUT2D eigenvalue weighted by Gasteiger charge is 2.13. The molecule has 5 nitrogen and oxygen atoms in total. The summed E-state index contributed by atoms with van der Waals surface area (Å²) in [5.41, 5.74) is 0.106. The molecule has 0 saturated heterocycles. The molecule has 0 fully saturated rings. The van der Waals surface area contributed by atoms with Gasteiger partial charge in [0.1, 0.15) is 17.7 Å². The standard InChI is InChI=1S/C11H12F2N2O3/c1-6(10(16)17)15-11(18)14-5-7-2-3-8(12)4-9(7)13/h2-4,6H,5H2,1H3,(H,16,17)(H2,14,15,18)/t6-/m0/s1. The third-order valence-electron chi connectivity index (χ3n) is 2.17. The Hall–Kier alpha value is -2.18. The highest BCUT2D eigenvalue weighted by molar-refractivity contribution is 5.82. The average molecular weight is 258 g/mol. The van der Waals surface area contributed by atoms with E-state index >= 15 is 0 Å². The summed E-state index contributed by atoms with van der Waals surface area (Å²) in [4.78, 5) is 21.7. The Morgan fingerprint density at radius 3 is 2.61 bits per heavy atom. The summed E-state index contributed by atoms with van der Waals surface area (Å²) in [6.45, 7) is 1.13. The van der Waals surface area contributed by atoms with Gasteiger partial charge in [-0.05, 0) is 13.0 Å². The number of carboxylic acids is 1. The first kappa shape index (κ1) is 13.9. The number of hydrogen-bond acceptors (Lipinski definition) is 2. The minimum absolute atomic E-state index is 0.106. The van der Waals surface area contributed by atoms with E-state index in [9.17, 15) is 18.4 Å². The second kappa shape index (κ2) is 5.95. The summed E-state index contributed by atoms with van der Waals surface area (Å²) in [6, 6.07) is 1.18. The van der Waals surface area contributed by atoms with Crippen LogP contribution in [0.3, 0.4) is 0 Å². The summed E-state index contributed by atoms with van der Waals surface area (Å²) < 4.78 is 25.8. The number of nitrogens with one attached hydrogen (secondary N) is 2. The van der Waals surface area contributed by atoms with Crippen molar-refractivity contribution in [3.05, 3.63) is 35.4 Å². The molecule has 0 aliphatic heterocycles. The fourth-order valence-corrected chi connectivity index (χ4v) is 1.15. The smallest absolute Gasteiger partial charge is 0.325 e. The third-order valence-corrected chi connectivity index (χ3v) is 2.17. The number of benzene rings is 1. The van der Waals surface area contributed by atoms with Gasteiger partial charge in [-0.3, -0.25) is 4.79 Å². The monoisotopic (exact) mass is 258 g/mol. The van der Waals surface area contributed by atoms with E-state index < -0.39 is 29.7 Å². The van der Waals surface area contributed by atoms with Crippen molar-refractivity contribution in [3.8, 4) is 0 Å². The van der Waals surface area contributed by atoms with E-state index in [2.05, 4.69) is 10.6 Å². The van der Waals surface area contributed by atoms with Gasteiger partial charge in [-0.1, -0.05) is 6.07 Å². The summed E-state index contributed by atoms with van der Waals surface area (Å²) in [5, 5.41) is 13.0. The summed E-state index contributed by atoms with van der Waals surface area (Å²) in [6.07, 6.45) is 0. The van der Waals surface area contributed by atoms with Crippen molar-refractivity contribution < 1.29 is 23.5 Å². The summed E-state index contributed by atoms with van der Waals surface area (Å²) >= 11 is 0. The SMILES string of the molecule is C[C@H](NC(=O)NCc1ccc(F)cc1F)C(=O)O. The normalized spacial score (nSPS) is 11.7. The van der Waals surface area contributed by atoms with Crippen LogP contribution in [-0.2, 0) is 11.3 Å². The second-order valence-electron chi connectivity index (χ2n) is 3.62.